The molecule has 0 spiro atoms. The standard InChI is InChI=1S/C23H32N2O5/c1-3-23(2,22(27)24-17-7-4-5-8-17)25(14-18-9-6-12-28-18)21(26)16-10-11-19-20(13-16)30-15-29-19/h10-11,13,17-18H,3-9,12,14-15H2,1-2H3,(H,24,27)/t18-,23+/m1/s1. The van der Waals surface area contributed by atoms with Crippen LogP contribution in [0.5, 0.6) is 11.5 Å². The number of hydrogen-bond acceptors (Lipinski definition) is 5. The van der Waals surface area contributed by atoms with E-state index in [0.29, 0.717) is 36.6 Å². The molecular formula is C23H32N2O5. The molecular weight excluding hydrogens is 384 g/mol. The molecule has 0 bridgehead atoms. The minimum Gasteiger partial charge on any atom is -0.454 e. The van der Waals surface area contributed by atoms with Crippen molar-refractivity contribution in [2.45, 2.75) is 76.5 Å². The van der Waals surface area contributed by atoms with Gasteiger partial charge in [0.25, 0.3) is 5.91 Å². The van der Waals surface area contributed by atoms with Crippen LogP contribution in [0.15, 0.2) is 18.2 Å². The third-order valence-corrected chi connectivity index (χ3v) is 6.74. The van der Waals surface area contributed by atoms with E-state index >= 15 is 0 Å². The molecule has 1 aromatic carbocycles. The first-order valence-corrected chi connectivity index (χ1v) is 11.2. The van der Waals surface area contributed by atoms with Gasteiger partial charge in [0.05, 0.1) is 6.10 Å². The highest BCUT2D eigenvalue weighted by Crippen LogP contribution is 2.34. The lowest BCUT2D eigenvalue weighted by molar-refractivity contribution is -0.133. The van der Waals surface area contributed by atoms with Crippen molar-refractivity contribution in [2.24, 2.45) is 0 Å². The van der Waals surface area contributed by atoms with Gasteiger partial charge in [-0.2, -0.15) is 0 Å². The van der Waals surface area contributed by atoms with E-state index in [-0.39, 0.29) is 30.8 Å². The third-order valence-electron chi connectivity index (χ3n) is 6.74. The van der Waals surface area contributed by atoms with E-state index in [1.807, 2.05) is 13.8 Å². The van der Waals surface area contributed by atoms with Gasteiger partial charge in [0.15, 0.2) is 11.5 Å². The molecule has 30 heavy (non-hydrogen) atoms. The fourth-order valence-electron chi connectivity index (χ4n) is 4.57. The Kier molecular flexibility index (Phi) is 6.18. The Morgan fingerprint density at radius 2 is 1.90 bits per heavy atom. The molecule has 4 rings (SSSR count). The number of nitrogens with one attached hydrogen (secondary N) is 1. The molecule has 7 nitrogen and oxygen atoms in total. The van der Waals surface area contributed by atoms with Crippen LogP contribution in [0.4, 0.5) is 0 Å². The highest BCUT2D eigenvalue weighted by Gasteiger charge is 2.43. The second-order valence-electron chi connectivity index (χ2n) is 8.70. The largest absolute Gasteiger partial charge is 0.454 e. The minimum atomic E-state index is -0.956. The van der Waals surface area contributed by atoms with Crippen LogP contribution in [0, 0.1) is 0 Å². The number of carbonyl (C=O) groups is 2. The topological polar surface area (TPSA) is 77.1 Å². The zero-order valence-electron chi connectivity index (χ0n) is 17.9. The summed E-state index contributed by atoms with van der Waals surface area (Å²) in [4.78, 5) is 28.8. The van der Waals surface area contributed by atoms with Crippen LogP contribution in [0.25, 0.3) is 0 Å². The summed E-state index contributed by atoms with van der Waals surface area (Å²) in [6.45, 7) is 5.09. The van der Waals surface area contributed by atoms with E-state index in [2.05, 4.69) is 5.32 Å². The maximum Gasteiger partial charge on any atom is 0.254 e. The van der Waals surface area contributed by atoms with Crippen molar-refractivity contribution < 1.29 is 23.8 Å². The van der Waals surface area contributed by atoms with Crippen molar-refractivity contribution in [2.75, 3.05) is 19.9 Å². The first-order valence-electron chi connectivity index (χ1n) is 11.2. The highest BCUT2D eigenvalue weighted by atomic mass is 16.7. The molecule has 1 saturated carbocycles. The fourth-order valence-corrected chi connectivity index (χ4v) is 4.57. The summed E-state index contributed by atoms with van der Waals surface area (Å²) in [7, 11) is 0. The van der Waals surface area contributed by atoms with Gasteiger partial charge >= 0.3 is 0 Å². The Labute approximate surface area is 178 Å². The van der Waals surface area contributed by atoms with Gasteiger partial charge < -0.3 is 24.4 Å². The Balaban J connectivity index is 1.61. The van der Waals surface area contributed by atoms with Crippen LogP contribution in [0.1, 0.15) is 69.2 Å². The van der Waals surface area contributed by atoms with Crippen LogP contribution < -0.4 is 14.8 Å². The van der Waals surface area contributed by atoms with Crippen molar-refractivity contribution in [1.29, 1.82) is 0 Å². The number of benzene rings is 1. The van der Waals surface area contributed by atoms with Crippen LogP contribution in [-0.4, -0.2) is 54.3 Å². The highest BCUT2D eigenvalue weighted by molar-refractivity contribution is 5.99. The molecule has 1 saturated heterocycles. The van der Waals surface area contributed by atoms with E-state index in [0.717, 1.165) is 38.5 Å². The van der Waals surface area contributed by atoms with Gasteiger partial charge in [-0.1, -0.05) is 19.8 Å². The summed E-state index contributed by atoms with van der Waals surface area (Å²) < 4.78 is 16.7. The number of fused-ring (bicyclic) bond motifs is 1. The first kappa shape index (κ1) is 21.0. The predicted octanol–water partition coefficient (Wildman–Crippen LogP) is 3.26. The maximum absolute atomic E-state index is 13.7. The summed E-state index contributed by atoms with van der Waals surface area (Å²) in [6, 6.07) is 5.40. The second kappa shape index (κ2) is 8.84. The lowest BCUT2D eigenvalue weighted by Gasteiger charge is -2.41. The molecule has 3 aliphatic rings. The van der Waals surface area contributed by atoms with Crippen LogP contribution in [0.3, 0.4) is 0 Å². The third kappa shape index (κ3) is 4.13. The number of rotatable bonds is 7. The fraction of sp³-hybridized carbons (Fsp3) is 0.652. The Morgan fingerprint density at radius 1 is 1.13 bits per heavy atom. The van der Waals surface area contributed by atoms with Gasteiger partial charge in [-0.3, -0.25) is 9.59 Å². The molecule has 2 atom stereocenters. The Hall–Kier alpha value is -2.28. The number of carbonyl (C=O) groups excluding carboxylic acids is 2. The summed E-state index contributed by atoms with van der Waals surface area (Å²) in [5.41, 5.74) is -0.465. The van der Waals surface area contributed by atoms with Crippen LogP contribution in [0.2, 0.25) is 0 Å². The number of hydrogen-bond donors (Lipinski definition) is 1. The molecule has 1 aromatic rings. The van der Waals surface area contributed by atoms with Gasteiger partial charge in [0, 0.05) is 24.8 Å². The smallest absolute Gasteiger partial charge is 0.254 e. The lowest BCUT2D eigenvalue weighted by Crippen LogP contribution is -2.61. The average Bonchev–Trinajstić information content (AvgIpc) is 3.53. The molecule has 2 fully saturated rings. The quantitative estimate of drug-likeness (QED) is 0.738. The van der Waals surface area contributed by atoms with Gasteiger partial charge in [-0.25, -0.2) is 0 Å². The molecule has 2 amide bonds. The normalized spacial score (nSPS) is 22.7. The monoisotopic (exact) mass is 416 g/mol. The van der Waals surface area contributed by atoms with Gasteiger partial charge in [0.1, 0.15) is 5.54 Å². The zero-order valence-corrected chi connectivity index (χ0v) is 17.9. The lowest BCUT2D eigenvalue weighted by atomic mass is 9.92. The van der Waals surface area contributed by atoms with Crippen molar-refractivity contribution >= 4 is 11.8 Å². The number of amides is 2. The van der Waals surface area contributed by atoms with Crippen molar-refractivity contribution in [1.82, 2.24) is 10.2 Å². The van der Waals surface area contributed by atoms with Crippen LogP contribution in [-0.2, 0) is 9.53 Å². The van der Waals surface area contributed by atoms with Gasteiger partial charge in [-0.15, -0.1) is 0 Å². The molecule has 0 radical (unpaired) electrons. The van der Waals surface area contributed by atoms with E-state index in [4.69, 9.17) is 14.2 Å². The van der Waals surface area contributed by atoms with E-state index in [1.165, 1.54) is 0 Å². The van der Waals surface area contributed by atoms with E-state index in [9.17, 15) is 9.59 Å². The molecule has 2 heterocycles. The Morgan fingerprint density at radius 3 is 2.60 bits per heavy atom. The summed E-state index contributed by atoms with van der Waals surface area (Å²) in [5.74, 6) is 0.930. The zero-order chi connectivity index (χ0) is 21.1. The molecule has 1 aliphatic carbocycles. The molecule has 164 valence electrons. The minimum absolute atomic E-state index is 0.0480. The summed E-state index contributed by atoms with van der Waals surface area (Å²) in [6.07, 6.45) is 6.65. The molecule has 2 aliphatic heterocycles. The number of nitrogens with zero attached hydrogens (tertiary/aromatic N) is 1. The van der Waals surface area contributed by atoms with Gasteiger partial charge in [0.2, 0.25) is 12.7 Å². The molecule has 0 aromatic heterocycles. The van der Waals surface area contributed by atoms with E-state index in [1.54, 1.807) is 23.1 Å². The van der Waals surface area contributed by atoms with Gasteiger partial charge in [-0.05, 0) is 57.2 Å². The van der Waals surface area contributed by atoms with Crippen molar-refractivity contribution in [3.8, 4) is 11.5 Å². The van der Waals surface area contributed by atoms with Crippen molar-refractivity contribution in [3.63, 3.8) is 0 Å². The van der Waals surface area contributed by atoms with Crippen molar-refractivity contribution in [3.05, 3.63) is 23.8 Å². The predicted molar refractivity (Wildman–Crippen MR) is 112 cm³/mol. The second-order valence-corrected chi connectivity index (χ2v) is 8.70. The SMILES string of the molecule is CC[C@@](C)(C(=O)NC1CCCC1)N(C[C@H]1CCCO1)C(=O)c1ccc2c(c1)OCO2. The molecule has 0 unspecified atom stereocenters. The summed E-state index contributed by atoms with van der Waals surface area (Å²) >= 11 is 0. The molecule has 7 heteroatoms. The number of ether oxygens (including phenoxy) is 3. The maximum atomic E-state index is 13.7. The Bertz CT molecular complexity index is 786. The first-order chi connectivity index (χ1) is 14.5. The summed E-state index contributed by atoms with van der Waals surface area (Å²) in [5, 5.41) is 3.21. The van der Waals surface area contributed by atoms with Crippen LogP contribution >= 0.6 is 0 Å². The molecule has 1 N–H and O–H groups in total. The average molecular weight is 417 g/mol. The van der Waals surface area contributed by atoms with E-state index < -0.39 is 5.54 Å².